The summed E-state index contributed by atoms with van der Waals surface area (Å²) in [6.45, 7) is 3.48. The number of carbonyl (C=O) groups is 2. The monoisotopic (exact) mass is 587 g/mol. The highest BCUT2D eigenvalue weighted by molar-refractivity contribution is 7.86. The van der Waals surface area contributed by atoms with Gasteiger partial charge in [0.05, 0.1) is 58.5 Å². The van der Waals surface area contributed by atoms with Crippen LogP contribution in [0.1, 0.15) is 20.7 Å². The SMILES string of the molecule is O=C1c2cccc3c(S(=O)(=O)O)ccc(c23)C(=O)N1c1ccc2c(c1)OCCOCCOCCOCCOCCO2. The Bertz CT molecular complexity index is 1520. The molecule has 41 heavy (non-hydrogen) atoms. The third-order valence-corrected chi connectivity index (χ3v) is 7.33. The number of nitrogens with zero attached hydrogens (tertiary/aromatic N) is 1. The summed E-state index contributed by atoms with van der Waals surface area (Å²) in [5.74, 6) is -0.630. The van der Waals surface area contributed by atoms with Crippen LogP contribution in [0.4, 0.5) is 5.69 Å². The highest BCUT2D eigenvalue weighted by Gasteiger charge is 2.35. The summed E-state index contributed by atoms with van der Waals surface area (Å²) < 4.78 is 67.2. The molecule has 2 amide bonds. The number of amides is 2. The first-order valence-corrected chi connectivity index (χ1v) is 14.4. The van der Waals surface area contributed by atoms with Gasteiger partial charge in [0.15, 0.2) is 11.5 Å². The van der Waals surface area contributed by atoms with Crippen molar-refractivity contribution in [1.29, 1.82) is 0 Å². The summed E-state index contributed by atoms with van der Waals surface area (Å²) in [7, 11) is -4.59. The molecule has 0 aromatic heterocycles. The van der Waals surface area contributed by atoms with E-state index in [4.69, 9.17) is 28.4 Å². The van der Waals surface area contributed by atoms with E-state index in [0.29, 0.717) is 52.0 Å². The Morgan fingerprint density at radius 1 is 0.634 bits per heavy atom. The van der Waals surface area contributed by atoms with Gasteiger partial charge in [0.25, 0.3) is 21.9 Å². The first-order chi connectivity index (χ1) is 19.9. The third kappa shape index (κ3) is 6.50. The lowest BCUT2D eigenvalue weighted by atomic mass is 9.93. The maximum Gasteiger partial charge on any atom is 0.295 e. The fraction of sp³-hybridized carbons (Fsp3) is 0.357. The van der Waals surface area contributed by atoms with E-state index >= 15 is 0 Å². The van der Waals surface area contributed by atoms with Crippen molar-refractivity contribution in [2.75, 3.05) is 71.0 Å². The first-order valence-electron chi connectivity index (χ1n) is 13.0. The predicted molar refractivity (Wildman–Crippen MR) is 146 cm³/mol. The summed E-state index contributed by atoms with van der Waals surface area (Å²) in [6, 6.07) is 11.6. The van der Waals surface area contributed by atoms with Gasteiger partial charge in [0.1, 0.15) is 18.1 Å². The Hall–Kier alpha value is -3.59. The third-order valence-electron chi connectivity index (χ3n) is 6.42. The lowest BCUT2D eigenvalue weighted by Gasteiger charge is -2.28. The van der Waals surface area contributed by atoms with Crippen LogP contribution in [0.25, 0.3) is 10.8 Å². The standard InChI is InChI=1S/C28H29NO11S/c30-27-21-3-1-2-20-25(41(32,33)34)7-5-22(26(20)21)28(31)29(27)19-4-6-23-24(18-19)40-17-15-38-13-11-36-9-8-35-10-12-37-14-16-39-23/h1-7,18H,8-17H2,(H,32,33,34). The van der Waals surface area contributed by atoms with Crippen molar-refractivity contribution >= 4 is 38.4 Å². The number of benzene rings is 3. The molecule has 3 aromatic carbocycles. The van der Waals surface area contributed by atoms with Crippen LogP contribution in [-0.4, -0.2) is 90.9 Å². The molecule has 12 nitrogen and oxygen atoms in total. The van der Waals surface area contributed by atoms with Crippen LogP contribution >= 0.6 is 0 Å². The summed E-state index contributed by atoms with van der Waals surface area (Å²) in [5.41, 5.74) is 0.472. The van der Waals surface area contributed by atoms with Crippen molar-refractivity contribution < 1.29 is 51.0 Å². The number of hydrogen-bond acceptors (Lipinski definition) is 10. The molecule has 1 N–H and O–H groups in total. The smallest absolute Gasteiger partial charge is 0.295 e. The van der Waals surface area contributed by atoms with Gasteiger partial charge in [-0.1, -0.05) is 12.1 Å². The fourth-order valence-corrected chi connectivity index (χ4v) is 5.27. The fourth-order valence-electron chi connectivity index (χ4n) is 4.58. The zero-order valence-electron chi connectivity index (χ0n) is 22.1. The molecular weight excluding hydrogens is 558 g/mol. The first kappa shape index (κ1) is 28.9. The van der Waals surface area contributed by atoms with E-state index in [1.54, 1.807) is 12.1 Å². The van der Waals surface area contributed by atoms with Crippen molar-refractivity contribution in [1.82, 2.24) is 0 Å². The lowest BCUT2D eigenvalue weighted by molar-refractivity contribution is -0.00841. The molecule has 0 unspecified atom stereocenters. The number of hydrogen-bond donors (Lipinski definition) is 1. The second kappa shape index (κ2) is 12.9. The van der Waals surface area contributed by atoms with Gasteiger partial charge in [0, 0.05) is 28.0 Å². The second-order valence-corrected chi connectivity index (χ2v) is 10.4. The quantitative estimate of drug-likeness (QED) is 0.349. The number of ether oxygens (including phenoxy) is 6. The summed E-state index contributed by atoms with van der Waals surface area (Å²) >= 11 is 0. The summed E-state index contributed by atoms with van der Waals surface area (Å²) in [5, 5.41) is 0.248. The molecule has 0 atom stereocenters. The van der Waals surface area contributed by atoms with Crippen LogP contribution in [0.2, 0.25) is 0 Å². The highest BCUT2D eigenvalue weighted by Crippen LogP contribution is 2.38. The predicted octanol–water partition coefficient (Wildman–Crippen LogP) is 2.72. The van der Waals surface area contributed by atoms with Crippen LogP contribution < -0.4 is 14.4 Å². The Morgan fingerprint density at radius 3 is 1.76 bits per heavy atom. The molecule has 5 rings (SSSR count). The van der Waals surface area contributed by atoms with Crippen LogP contribution in [0.3, 0.4) is 0 Å². The van der Waals surface area contributed by atoms with Gasteiger partial charge in [-0.05, 0) is 30.3 Å². The van der Waals surface area contributed by atoms with Crippen molar-refractivity contribution in [3.05, 3.63) is 59.7 Å². The van der Waals surface area contributed by atoms with Crippen molar-refractivity contribution in [2.45, 2.75) is 4.90 Å². The molecule has 0 aliphatic carbocycles. The Kier molecular flexibility index (Phi) is 9.12. The second-order valence-electron chi connectivity index (χ2n) is 9.04. The Morgan fingerprint density at radius 2 is 1.17 bits per heavy atom. The van der Waals surface area contributed by atoms with Crippen molar-refractivity contribution in [3.63, 3.8) is 0 Å². The number of fused-ring (bicyclic) bond motifs is 1. The van der Waals surface area contributed by atoms with E-state index < -0.39 is 21.9 Å². The lowest BCUT2D eigenvalue weighted by Crippen LogP contribution is -2.40. The number of imide groups is 1. The molecule has 218 valence electrons. The molecule has 0 bridgehead atoms. The molecule has 0 fully saturated rings. The maximum atomic E-state index is 13.6. The summed E-state index contributed by atoms with van der Waals surface area (Å²) in [6.07, 6.45) is 0. The van der Waals surface area contributed by atoms with Gasteiger partial charge in [-0.2, -0.15) is 8.42 Å². The minimum Gasteiger partial charge on any atom is -0.487 e. The van der Waals surface area contributed by atoms with Gasteiger partial charge in [-0.25, -0.2) is 4.90 Å². The van der Waals surface area contributed by atoms with Gasteiger partial charge in [-0.15, -0.1) is 0 Å². The van der Waals surface area contributed by atoms with Gasteiger partial charge < -0.3 is 28.4 Å². The molecule has 2 heterocycles. The van der Waals surface area contributed by atoms with E-state index in [1.807, 2.05) is 0 Å². The van der Waals surface area contributed by atoms with Crippen molar-refractivity contribution in [3.8, 4) is 11.5 Å². The zero-order valence-corrected chi connectivity index (χ0v) is 22.9. The molecule has 0 radical (unpaired) electrons. The topological polar surface area (TPSA) is 147 Å². The Labute approximate surface area is 236 Å². The van der Waals surface area contributed by atoms with Crippen LogP contribution in [-0.2, 0) is 29.1 Å². The molecule has 0 saturated heterocycles. The molecule has 13 heteroatoms. The van der Waals surface area contributed by atoms with Crippen LogP contribution in [0, 0.1) is 0 Å². The van der Waals surface area contributed by atoms with Crippen LogP contribution in [0.15, 0.2) is 53.4 Å². The van der Waals surface area contributed by atoms with Crippen molar-refractivity contribution in [2.24, 2.45) is 0 Å². The van der Waals surface area contributed by atoms with E-state index in [9.17, 15) is 22.6 Å². The van der Waals surface area contributed by atoms with E-state index in [2.05, 4.69) is 0 Å². The van der Waals surface area contributed by atoms with E-state index in [-0.39, 0.29) is 58.1 Å². The minimum atomic E-state index is -4.59. The largest absolute Gasteiger partial charge is 0.487 e. The average molecular weight is 588 g/mol. The Balaban J connectivity index is 1.42. The molecule has 2 aliphatic rings. The minimum absolute atomic E-state index is 0.0850. The molecule has 0 spiro atoms. The van der Waals surface area contributed by atoms with Crippen LogP contribution in [0.5, 0.6) is 11.5 Å². The zero-order chi connectivity index (χ0) is 28.8. The van der Waals surface area contributed by atoms with E-state index in [1.165, 1.54) is 30.3 Å². The number of rotatable bonds is 2. The molecule has 2 aliphatic heterocycles. The summed E-state index contributed by atoms with van der Waals surface area (Å²) in [4.78, 5) is 27.8. The van der Waals surface area contributed by atoms with E-state index in [0.717, 1.165) is 11.0 Å². The van der Waals surface area contributed by atoms with Gasteiger partial charge in [-0.3, -0.25) is 14.1 Å². The normalized spacial score (nSPS) is 18.1. The molecule has 0 saturated carbocycles. The molecule has 3 aromatic rings. The van der Waals surface area contributed by atoms with Gasteiger partial charge in [0.2, 0.25) is 0 Å². The maximum absolute atomic E-state index is 13.6. The number of anilines is 1. The average Bonchev–Trinajstić information content (AvgIpc) is 2.95. The molecular formula is C28H29NO11S. The number of carbonyl (C=O) groups excluding carboxylic acids is 2. The van der Waals surface area contributed by atoms with Gasteiger partial charge >= 0.3 is 0 Å². The highest BCUT2D eigenvalue weighted by atomic mass is 32.2.